The number of rotatable bonds is 22. The molecule has 41 heavy (non-hydrogen) atoms. The molecule has 0 heterocycles. The molecular formula is C25H39N7O9. The van der Waals surface area contributed by atoms with Crippen LogP contribution in [0, 0.1) is 0 Å². The molecule has 0 aliphatic heterocycles. The fourth-order valence-electron chi connectivity index (χ4n) is 3.02. The van der Waals surface area contributed by atoms with Gasteiger partial charge in [-0.15, -0.1) is 0 Å². The van der Waals surface area contributed by atoms with E-state index in [1.54, 1.807) is 30.3 Å². The highest BCUT2D eigenvalue weighted by molar-refractivity contribution is 5.92. The molecule has 0 unspecified atom stereocenters. The van der Waals surface area contributed by atoms with Crippen molar-refractivity contribution < 1.29 is 43.0 Å². The number of amides is 6. The van der Waals surface area contributed by atoms with Gasteiger partial charge in [0, 0.05) is 19.4 Å². The Morgan fingerprint density at radius 3 is 2.00 bits per heavy atom. The van der Waals surface area contributed by atoms with E-state index in [1.165, 1.54) is 0 Å². The maximum Gasteiger partial charge on any atom is 0.243 e. The number of nitrogens with two attached hydrogens (primary N) is 2. The van der Waals surface area contributed by atoms with Gasteiger partial charge in [0.2, 0.25) is 35.4 Å². The Balaban J connectivity index is 2.43. The van der Waals surface area contributed by atoms with Crippen molar-refractivity contribution >= 4 is 35.4 Å². The van der Waals surface area contributed by atoms with E-state index < -0.39 is 54.6 Å². The van der Waals surface area contributed by atoms with E-state index in [1.807, 2.05) is 0 Å². The minimum Gasteiger partial charge on any atom is -0.379 e. The van der Waals surface area contributed by atoms with Crippen molar-refractivity contribution in [2.75, 3.05) is 65.9 Å². The summed E-state index contributed by atoms with van der Waals surface area (Å²) in [7, 11) is 0. The first kappa shape index (κ1) is 34.9. The summed E-state index contributed by atoms with van der Waals surface area (Å²) in [5.41, 5.74) is 11.0. The molecule has 0 saturated heterocycles. The van der Waals surface area contributed by atoms with E-state index in [0.29, 0.717) is 26.4 Å². The second-order valence-corrected chi connectivity index (χ2v) is 8.40. The van der Waals surface area contributed by atoms with Gasteiger partial charge in [0.25, 0.3) is 0 Å². The zero-order valence-electron chi connectivity index (χ0n) is 22.8. The van der Waals surface area contributed by atoms with Crippen LogP contribution in [0.5, 0.6) is 0 Å². The Hall–Kier alpha value is -4.12. The monoisotopic (exact) mass is 581 g/mol. The highest BCUT2D eigenvalue weighted by Crippen LogP contribution is 2.03. The third kappa shape index (κ3) is 18.7. The number of hydrogen-bond acceptors (Lipinski definition) is 10. The number of ether oxygens (including phenoxy) is 3. The lowest BCUT2D eigenvalue weighted by atomic mass is 10.1. The van der Waals surface area contributed by atoms with E-state index in [4.69, 9.17) is 25.7 Å². The predicted octanol–water partition coefficient (Wildman–Crippen LogP) is -3.98. The van der Waals surface area contributed by atoms with Crippen molar-refractivity contribution in [3.8, 4) is 0 Å². The topological polar surface area (TPSA) is 242 Å². The molecule has 0 radical (unpaired) electrons. The number of carbonyl (C=O) groups is 6. The third-order valence-corrected chi connectivity index (χ3v) is 4.97. The molecule has 1 rings (SSSR count). The number of primary amides is 1. The molecule has 0 spiro atoms. The molecule has 0 bridgehead atoms. The zero-order valence-corrected chi connectivity index (χ0v) is 22.8. The lowest BCUT2D eigenvalue weighted by molar-refractivity contribution is -0.131. The van der Waals surface area contributed by atoms with Gasteiger partial charge in [0.05, 0.1) is 46.1 Å². The average molecular weight is 582 g/mol. The van der Waals surface area contributed by atoms with Crippen LogP contribution in [-0.2, 0) is 49.4 Å². The molecule has 228 valence electrons. The summed E-state index contributed by atoms with van der Waals surface area (Å²) in [6.07, 6.45) is 0.159. The van der Waals surface area contributed by atoms with Gasteiger partial charge in [-0.25, -0.2) is 0 Å². The number of benzene rings is 1. The normalized spacial score (nSPS) is 11.1. The van der Waals surface area contributed by atoms with Crippen molar-refractivity contribution in [2.24, 2.45) is 11.5 Å². The summed E-state index contributed by atoms with van der Waals surface area (Å²) in [4.78, 5) is 71.6. The second kappa shape index (κ2) is 21.7. The van der Waals surface area contributed by atoms with Crippen LogP contribution < -0.4 is 38.1 Å². The summed E-state index contributed by atoms with van der Waals surface area (Å²) in [5.74, 6) is -3.60. The molecule has 6 amide bonds. The Morgan fingerprint density at radius 2 is 1.32 bits per heavy atom. The van der Waals surface area contributed by atoms with E-state index in [-0.39, 0.29) is 39.3 Å². The Labute approximate surface area is 237 Å². The molecule has 1 atom stereocenters. The van der Waals surface area contributed by atoms with Gasteiger partial charge in [-0.05, 0) is 5.56 Å². The van der Waals surface area contributed by atoms with Crippen molar-refractivity contribution in [3.63, 3.8) is 0 Å². The highest BCUT2D eigenvalue weighted by Gasteiger charge is 2.22. The molecule has 0 aromatic heterocycles. The van der Waals surface area contributed by atoms with E-state index in [9.17, 15) is 28.8 Å². The number of hydrogen-bond donors (Lipinski definition) is 7. The SMILES string of the molecule is NCCOCCOCCC(=O)NCC(=O)NCC(=O)N[C@@H](Cc1ccccc1)C(=O)NCC(=O)NCOCC(N)=O. The van der Waals surface area contributed by atoms with Crippen LogP contribution in [0.3, 0.4) is 0 Å². The average Bonchev–Trinajstić information content (AvgIpc) is 2.95. The maximum atomic E-state index is 12.7. The largest absolute Gasteiger partial charge is 0.379 e. The lowest BCUT2D eigenvalue weighted by Gasteiger charge is -2.19. The van der Waals surface area contributed by atoms with Gasteiger partial charge in [0.1, 0.15) is 19.4 Å². The molecule has 0 aliphatic carbocycles. The molecule has 0 fully saturated rings. The van der Waals surface area contributed by atoms with Crippen molar-refractivity contribution in [1.29, 1.82) is 0 Å². The Bertz CT molecular complexity index is 979. The standard InChI is InChI=1S/C25H39N7O9/c26-7-9-40-11-10-39-8-6-21(34)28-13-22(35)29-15-24(37)32-19(12-18-4-2-1-3-5-18)25(38)30-14-23(36)31-17-41-16-20(27)33/h1-5,19H,6-17,26H2,(H2,27,33)(H,28,34)(H,29,35)(H,30,38)(H,31,36)(H,32,37)/t19-/m0/s1. The first-order valence-corrected chi connectivity index (χ1v) is 12.8. The van der Waals surface area contributed by atoms with E-state index >= 15 is 0 Å². The van der Waals surface area contributed by atoms with Crippen LogP contribution in [0.2, 0.25) is 0 Å². The summed E-state index contributed by atoms with van der Waals surface area (Å²) in [5, 5.41) is 12.1. The predicted molar refractivity (Wildman–Crippen MR) is 145 cm³/mol. The molecule has 1 aromatic carbocycles. The fraction of sp³-hybridized carbons (Fsp3) is 0.520. The minimum absolute atomic E-state index is 0.0410. The maximum absolute atomic E-state index is 12.7. The Kier molecular flexibility index (Phi) is 18.5. The van der Waals surface area contributed by atoms with Crippen LogP contribution in [-0.4, -0.2) is 107 Å². The van der Waals surface area contributed by atoms with Gasteiger partial charge in [-0.2, -0.15) is 0 Å². The zero-order chi connectivity index (χ0) is 30.3. The number of nitrogens with one attached hydrogen (secondary N) is 5. The van der Waals surface area contributed by atoms with E-state index in [2.05, 4.69) is 26.6 Å². The second-order valence-electron chi connectivity index (χ2n) is 8.40. The third-order valence-electron chi connectivity index (χ3n) is 4.97. The summed E-state index contributed by atoms with van der Waals surface area (Å²) in [6, 6.07) is 7.80. The van der Waals surface area contributed by atoms with E-state index in [0.717, 1.165) is 5.56 Å². The van der Waals surface area contributed by atoms with Gasteiger partial charge in [-0.1, -0.05) is 30.3 Å². The van der Waals surface area contributed by atoms with Gasteiger partial charge < -0.3 is 52.3 Å². The van der Waals surface area contributed by atoms with Crippen LogP contribution in [0.15, 0.2) is 30.3 Å². The number of carbonyl (C=O) groups excluding carboxylic acids is 6. The van der Waals surface area contributed by atoms with Gasteiger partial charge >= 0.3 is 0 Å². The van der Waals surface area contributed by atoms with Gasteiger partial charge in [-0.3, -0.25) is 28.8 Å². The molecule has 16 nitrogen and oxygen atoms in total. The summed E-state index contributed by atoms with van der Waals surface area (Å²) >= 11 is 0. The molecule has 9 N–H and O–H groups in total. The van der Waals surface area contributed by atoms with Crippen LogP contribution in [0.4, 0.5) is 0 Å². The highest BCUT2D eigenvalue weighted by atomic mass is 16.5. The smallest absolute Gasteiger partial charge is 0.243 e. The summed E-state index contributed by atoms with van der Waals surface area (Å²) in [6.45, 7) is -0.198. The quantitative estimate of drug-likeness (QED) is 0.0517. The van der Waals surface area contributed by atoms with Crippen LogP contribution in [0.25, 0.3) is 0 Å². The van der Waals surface area contributed by atoms with Crippen molar-refractivity contribution in [2.45, 2.75) is 18.9 Å². The van der Waals surface area contributed by atoms with Crippen LogP contribution >= 0.6 is 0 Å². The van der Waals surface area contributed by atoms with Crippen LogP contribution in [0.1, 0.15) is 12.0 Å². The first-order chi connectivity index (χ1) is 19.7. The molecular weight excluding hydrogens is 542 g/mol. The first-order valence-electron chi connectivity index (χ1n) is 12.8. The fourth-order valence-corrected chi connectivity index (χ4v) is 3.02. The molecule has 16 heteroatoms. The molecule has 0 aliphatic rings. The Morgan fingerprint density at radius 1 is 0.707 bits per heavy atom. The van der Waals surface area contributed by atoms with Crippen molar-refractivity contribution in [1.82, 2.24) is 26.6 Å². The summed E-state index contributed by atoms with van der Waals surface area (Å²) < 4.78 is 15.2. The van der Waals surface area contributed by atoms with Gasteiger partial charge in [0.15, 0.2) is 0 Å². The molecule has 1 aromatic rings. The lowest BCUT2D eigenvalue weighted by Crippen LogP contribution is -2.52. The molecule has 0 saturated carbocycles. The van der Waals surface area contributed by atoms with Crippen molar-refractivity contribution in [3.05, 3.63) is 35.9 Å². The minimum atomic E-state index is -1.05.